The summed E-state index contributed by atoms with van der Waals surface area (Å²) in [7, 11) is 0. The van der Waals surface area contributed by atoms with Crippen LogP contribution in [-0.4, -0.2) is 31.5 Å². The van der Waals surface area contributed by atoms with E-state index in [4.69, 9.17) is 4.74 Å². The Morgan fingerprint density at radius 1 is 0.800 bits per heavy atom. The fourth-order valence-electron chi connectivity index (χ4n) is 4.13. The summed E-state index contributed by atoms with van der Waals surface area (Å²) in [4.78, 5) is 28.4. The van der Waals surface area contributed by atoms with E-state index in [9.17, 15) is 9.59 Å². The topological polar surface area (TPSA) is 49.9 Å². The highest BCUT2D eigenvalue weighted by molar-refractivity contribution is 5.99. The van der Waals surface area contributed by atoms with Gasteiger partial charge in [0.15, 0.2) is 0 Å². The molecule has 2 aromatic carbocycles. The molecule has 194 valence electrons. The quantitative estimate of drug-likeness (QED) is 0.404. The van der Waals surface area contributed by atoms with Crippen molar-refractivity contribution in [1.82, 2.24) is 0 Å². The average molecular weight is 483 g/mol. The third-order valence-corrected chi connectivity index (χ3v) is 5.86. The molecule has 0 saturated heterocycles. The molecule has 0 N–H and O–H groups in total. The molecule has 5 heteroatoms. The summed E-state index contributed by atoms with van der Waals surface area (Å²) >= 11 is 0. The Balaban J connectivity index is 0.000000332. The molecule has 0 radical (unpaired) electrons. The van der Waals surface area contributed by atoms with E-state index >= 15 is 0 Å². The molecule has 2 aromatic rings. The second kappa shape index (κ2) is 11.7. The van der Waals surface area contributed by atoms with Crippen molar-refractivity contribution in [2.24, 2.45) is 10.8 Å². The van der Waals surface area contributed by atoms with Crippen LogP contribution in [0.1, 0.15) is 73.9 Å². The van der Waals surface area contributed by atoms with Crippen molar-refractivity contribution in [2.75, 3.05) is 29.5 Å². The van der Waals surface area contributed by atoms with Gasteiger partial charge in [0.2, 0.25) is 11.8 Å². The number of fused-ring (bicyclic) bond motifs is 2. The van der Waals surface area contributed by atoms with Crippen molar-refractivity contribution in [3.63, 3.8) is 0 Å². The molecular formula is C30H46N2O3. The lowest BCUT2D eigenvalue weighted by Crippen LogP contribution is -2.44. The Kier molecular flexibility index (Phi) is 10.1. The second-order valence-electron chi connectivity index (χ2n) is 11.0. The maximum Gasteiger partial charge on any atom is 0.232 e. The number of benzene rings is 2. The molecule has 0 aliphatic carbocycles. The number of hydrogen-bond acceptors (Lipinski definition) is 3. The van der Waals surface area contributed by atoms with Gasteiger partial charge in [-0.15, -0.1) is 0 Å². The van der Waals surface area contributed by atoms with E-state index in [0.29, 0.717) is 13.2 Å². The third-order valence-electron chi connectivity index (χ3n) is 5.86. The number of aryl methyl sites for hydroxylation is 2. The van der Waals surface area contributed by atoms with Gasteiger partial charge >= 0.3 is 0 Å². The molecule has 0 atom stereocenters. The molecule has 0 saturated carbocycles. The normalized spacial score (nSPS) is 14.6. The van der Waals surface area contributed by atoms with E-state index in [-0.39, 0.29) is 37.5 Å². The van der Waals surface area contributed by atoms with E-state index in [1.807, 2.05) is 75.6 Å². The van der Waals surface area contributed by atoms with Crippen molar-refractivity contribution < 1.29 is 14.3 Å². The molecule has 2 aliphatic heterocycles. The summed E-state index contributed by atoms with van der Waals surface area (Å²) < 4.78 is 5.52. The van der Waals surface area contributed by atoms with Crippen LogP contribution in [0.25, 0.3) is 0 Å². The van der Waals surface area contributed by atoms with Gasteiger partial charge in [0.1, 0.15) is 12.4 Å². The van der Waals surface area contributed by atoms with E-state index in [1.54, 1.807) is 0 Å². The van der Waals surface area contributed by atoms with Gasteiger partial charge < -0.3 is 14.5 Å². The van der Waals surface area contributed by atoms with Crippen LogP contribution in [0.15, 0.2) is 42.5 Å². The lowest BCUT2D eigenvalue weighted by Gasteiger charge is -2.34. The minimum atomic E-state index is -0.357. The minimum absolute atomic E-state index is 0. The lowest BCUT2D eigenvalue weighted by molar-refractivity contribution is -0.126. The third kappa shape index (κ3) is 7.09. The molecule has 4 rings (SSSR count). The molecule has 0 unspecified atom stereocenters. The number of ether oxygens (including phenoxy) is 1. The number of para-hydroxylation sites is 2. The highest BCUT2D eigenvalue weighted by atomic mass is 16.5. The molecule has 0 fully saturated rings. The zero-order chi connectivity index (χ0) is 24.4. The van der Waals surface area contributed by atoms with Gasteiger partial charge in [0.25, 0.3) is 0 Å². The summed E-state index contributed by atoms with van der Waals surface area (Å²) in [6.07, 6.45) is 2.16. The monoisotopic (exact) mass is 482 g/mol. The van der Waals surface area contributed by atoms with Crippen molar-refractivity contribution in [2.45, 2.75) is 76.2 Å². The molecule has 0 spiro atoms. The number of carbonyl (C=O) groups is 2. The summed E-state index contributed by atoms with van der Waals surface area (Å²) in [5.41, 5.74) is 3.92. The summed E-state index contributed by atoms with van der Waals surface area (Å²) in [5.74, 6) is 1.16. The number of nitrogens with zero attached hydrogens (tertiary/aromatic N) is 2. The average Bonchev–Trinajstić information content (AvgIpc) is 2.76. The van der Waals surface area contributed by atoms with Crippen LogP contribution in [0.4, 0.5) is 11.4 Å². The Bertz CT molecular complexity index is 1010. The van der Waals surface area contributed by atoms with Crippen LogP contribution in [0, 0.1) is 17.8 Å². The standard InChI is InChI=1S/C15H21NO.C13H17NO2.2CH4/c1-11-7-8-13-12(10-11)6-5-9-16(13)14(17)15(2,3)4;1-13(2,3)12(15)14-8-9-16-11-7-5-4-6-10(11)14;;/h7-8,10H,5-6,9H2,1-4H3;4-7H,8-9H2,1-3H3;2*1H4. The van der Waals surface area contributed by atoms with Gasteiger partial charge in [0, 0.05) is 23.1 Å². The molecule has 2 aliphatic rings. The summed E-state index contributed by atoms with van der Waals surface area (Å²) in [6.45, 7) is 15.9. The van der Waals surface area contributed by atoms with Crippen molar-refractivity contribution >= 4 is 23.2 Å². The molecule has 5 nitrogen and oxygen atoms in total. The largest absolute Gasteiger partial charge is 0.490 e. The van der Waals surface area contributed by atoms with Crippen molar-refractivity contribution in [3.05, 3.63) is 53.6 Å². The van der Waals surface area contributed by atoms with Crippen LogP contribution in [-0.2, 0) is 16.0 Å². The van der Waals surface area contributed by atoms with Crippen LogP contribution >= 0.6 is 0 Å². The van der Waals surface area contributed by atoms with E-state index < -0.39 is 0 Å². The molecule has 0 aromatic heterocycles. The smallest absolute Gasteiger partial charge is 0.232 e. The summed E-state index contributed by atoms with van der Waals surface area (Å²) in [6, 6.07) is 14.1. The maximum atomic E-state index is 12.4. The fourth-order valence-corrected chi connectivity index (χ4v) is 4.13. The SMILES string of the molecule is C.C.CC(C)(C)C(=O)N1CCOc2ccccc21.Cc1ccc2c(c1)CCCN2C(=O)C(C)(C)C. The molecule has 0 bridgehead atoms. The zero-order valence-corrected chi connectivity index (χ0v) is 21.2. The lowest BCUT2D eigenvalue weighted by atomic mass is 9.91. The van der Waals surface area contributed by atoms with Gasteiger partial charge in [-0.25, -0.2) is 0 Å². The number of anilines is 2. The van der Waals surface area contributed by atoms with Crippen LogP contribution in [0.2, 0.25) is 0 Å². The molecule has 2 heterocycles. The number of hydrogen-bond donors (Lipinski definition) is 0. The first-order valence-corrected chi connectivity index (χ1v) is 11.8. The predicted molar refractivity (Wildman–Crippen MR) is 149 cm³/mol. The first kappa shape index (κ1) is 30.2. The fraction of sp³-hybridized carbons (Fsp3) is 0.533. The Hall–Kier alpha value is -2.82. The number of amides is 2. The highest BCUT2D eigenvalue weighted by Gasteiger charge is 2.32. The number of carbonyl (C=O) groups excluding carboxylic acids is 2. The summed E-state index contributed by atoms with van der Waals surface area (Å²) in [5, 5.41) is 0. The van der Waals surface area contributed by atoms with Gasteiger partial charge in [-0.2, -0.15) is 0 Å². The van der Waals surface area contributed by atoms with Crippen LogP contribution in [0.5, 0.6) is 5.75 Å². The van der Waals surface area contributed by atoms with Crippen molar-refractivity contribution in [3.8, 4) is 5.75 Å². The first-order chi connectivity index (χ1) is 15.4. The van der Waals surface area contributed by atoms with E-state index in [2.05, 4.69) is 25.1 Å². The van der Waals surface area contributed by atoms with Gasteiger partial charge in [0.05, 0.1) is 12.2 Å². The minimum Gasteiger partial charge on any atom is -0.490 e. The Morgan fingerprint density at radius 3 is 1.97 bits per heavy atom. The van der Waals surface area contributed by atoms with E-state index in [0.717, 1.165) is 36.5 Å². The first-order valence-electron chi connectivity index (χ1n) is 11.8. The van der Waals surface area contributed by atoms with Gasteiger partial charge in [-0.1, -0.05) is 86.2 Å². The van der Waals surface area contributed by atoms with Gasteiger partial charge in [-0.05, 0) is 43.5 Å². The van der Waals surface area contributed by atoms with Gasteiger partial charge in [-0.3, -0.25) is 9.59 Å². The van der Waals surface area contributed by atoms with E-state index in [1.165, 1.54) is 11.1 Å². The Morgan fingerprint density at radius 2 is 1.37 bits per heavy atom. The Labute approximate surface area is 213 Å². The maximum absolute atomic E-state index is 12.4. The number of rotatable bonds is 0. The highest BCUT2D eigenvalue weighted by Crippen LogP contribution is 2.34. The molecule has 35 heavy (non-hydrogen) atoms. The molecular weight excluding hydrogens is 436 g/mol. The zero-order valence-electron chi connectivity index (χ0n) is 21.2. The van der Waals surface area contributed by atoms with Crippen LogP contribution < -0.4 is 14.5 Å². The molecule has 2 amide bonds. The van der Waals surface area contributed by atoms with Crippen molar-refractivity contribution in [1.29, 1.82) is 0 Å². The van der Waals surface area contributed by atoms with Crippen LogP contribution in [0.3, 0.4) is 0 Å². The predicted octanol–water partition coefficient (Wildman–Crippen LogP) is 7.05. The second-order valence-corrected chi connectivity index (χ2v) is 11.0.